The minimum absolute atomic E-state index is 0.276. The molecule has 0 spiro atoms. The van der Waals surface area contributed by atoms with E-state index in [1.807, 2.05) is 36.4 Å². The maximum atomic E-state index is 11.1. The van der Waals surface area contributed by atoms with Crippen molar-refractivity contribution < 1.29 is 19.2 Å². The van der Waals surface area contributed by atoms with E-state index in [0.29, 0.717) is 37.6 Å². The number of aliphatic carboxylic acids is 1. The maximum Gasteiger partial charge on any atom is 0.306 e. The van der Waals surface area contributed by atoms with Crippen molar-refractivity contribution in [2.75, 3.05) is 25.1 Å². The molecule has 0 aliphatic carbocycles. The van der Waals surface area contributed by atoms with Crippen molar-refractivity contribution in [1.82, 2.24) is 15.1 Å². The van der Waals surface area contributed by atoms with Gasteiger partial charge in [-0.15, -0.1) is 0 Å². The third kappa shape index (κ3) is 3.66. The summed E-state index contributed by atoms with van der Waals surface area (Å²) in [5, 5.41) is 13.2. The van der Waals surface area contributed by atoms with Crippen LogP contribution in [0.3, 0.4) is 0 Å². The first-order valence-corrected chi connectivity index (χ1v) is 9.06. The molecule has 1 fully saturated rings. The lowest BCUT2D eigenvalue weighted by molar-refractivity contribution is -0.142. The normalized spacial score (nSPS) is 14.8. The van der Waals surface area contributed by atoms with Crippen LogP contribution in [0.5, 0.6) is 5.75 Å². The van der Waals surface area contributed by atoms with Crippen LogP contribution in [0.25, 0.3) is 22.8 Å². The number of rotatable bonds is 5. The Morgan fingerprint density at radius 2 is 1.93 bits per heavy atom. The van der Waals surface area contributed by atoms with Crippen LogP contribution in [0.4, 0.5) is 5.82 Å². The number of pyridine rings is 1. The van der Waals surface area contributed by atoms with Gasteiger partial charge in [-0.25, -0.2) is 4.98 Å². The van der Waals surface area contributed by atoms with Gasteiger partial charge < -0.3 is 19.3 Å². The minimum Gasteiger partial charge on any atom is -0.497 e. The van der Waals surface area contributed by atoms with Crippen molar-refractivity contribution in [3.63, 3.8) is 0 Å². The van der Waals surface area contributed by atoms with Crippen LogP contribution in [-0.4, -0.2) is 46.4 Å². The van der Waals surface area contributed by atoms with E-state index in [2.05, 4.69) is 20.0 Å². The highest BCUT2D eigenvalue weighted by Crippen LogP contribution is 2.27. The molecular formula is C20H20N4O4. The molecule has 3 heterocycles. The Labute approximate surface area is 161 Å². The second-order valence-electron chi connectivity index (χ2n) is 6.65. The zero-order valence-electron chi connectivity index (χ0n) is 15.4. The Kier molecular flexibility index (Phi) is 4.92. The molecule has 2 aromatic heterocycles. The van der Waals surface area contributed by atoms with Gasteiger partial charge in [0.15, 0.2) is 0 Å². The van der Waals surface area contributed by atoms with Gasteiger partial charge >= 0.3 is 5.97 Å². The molecule has 4 rings (SSSR count). The molecule has 3 aromatic rings. The summed E-state index contributed by atoms with van der Waals surface area (Å²) in [6.07, 6.45) is 2.93. The summed E-state index contributed by atoms with van der Waals surface area (Å²) in [6, 6.07) is 11.1. The van der Waals surface area contributed by atoms with E-state index < -0.39 is 5.97 Å². The summed E-state index contributed by atoms with van der Waals surface area (Å²) >= 11 is 0. The molecule has 144 valence electrons. The molecular weight excluding hydrogens is 360 g/mol. The molecule has 1 aromatic carbocycles. The van der Waals surface area contributed by atoms with Gasteiger partial charge in [0.25, 0.3) is 5.89 Å². The van der Waals surface area contributed by atoms with E-state index in [0.717, 1.165) is 22.7 Å². The summed E-state index contributed by atoms with van der Waals surface area (Å²) in [7, 11) is 1.62. The van der Waals surface area contributed by atoms with Crippen LogP contribution in [0.1, 0.15) is 12.8 Å². The van der Waals surface area contributed by atoms with Crippen LogP contribution in [-0.2, 0) is 4.79 Å². The summed E-state index contributed by atoms with van der Waals surface area (Å²) in [5.74, 6) is 1.46. The number of carboxylic acid groups (broad SMARTS) is 1. The van der Waals surface area contributed by atoms with Crippen molar-refractivity contribution in [3.05, 3.63) is 42.6 Å². The van der Waals surface area contributed by atoms with Crippen LogP contribution < -0.4 is 9.64 Å². The predicted molar refractivity (Wildman–Crippen MR) is 102 cm³/mol. The number of carboxylic acids is 1. The number of hydrogen-bond donors (Lipinski definition) is 1. The fraction of sp³-hybridized carbons (Fsp3) is 0.300. The largest absolute Gasteiger partial charge is 0.497 e. The minimum atomic E-state index is -0.724. The molecule has 8 heteroatoms. The SMILES string of the molecule is COc1ccc(-c2noc(-c3ccnc(N4CCC(C(=O)O)CC4)c3)n2)cc1. The number of hydrogen-bond acceptors (Lipinski definition) is 7. The Balaban J connectivity index is 1.52. The number of ether oxygens (including phenoxy) is 1. The standard InChI is InChI=1S/C20H20N4O4/c1-27-16-4-2-13(3-5-16)18-22-19(28-23-18)15-6-9-21-17(12-15)24-10-7-14(8-11-24)20(25)26/h2-6,9,12,14H,7-8,10-11H2,1H3,(H,25,26). The van der Waals surface area contributed by atoms with Crippen LogP contribution >= 0.6 is 0 Å². The highest BCUT2D eigenvalue weighted by molar-refractivity contribution is 5.70. The molecule has 1 aliphatic heterocycles. The van der Waals surface area contributed by atoms with Crippen molar-refractivity contribution in [3.8, 4) is 28.6 Å². The molecule has 8 nitrogen and oxygen atoms in total. The van der Waals surface area contributed by atoms with Gasteiger partial charge in [0, 0.05) is 30.4 Å². The average molecular weight is 380 g/mol. The van der Waals surface area contributed by atoms with Crippen molar-refractivity contribution >= 4 is 11.8 Å². The van der Waals surface area contributed by atoms with Gasteiger partial charge in [-0.1, -0.05) is 5.16 Å². The van der Waals surface area contributed by atoms with Gasteiger partial charge in [-0.3, -0.25) is 4.79 Å². The first-order chi connectivity index (χ1) is 13.6. The van der Waals surface area contributed by atoms with E-state index in [1.165, 1.54) is 0 Å². The van der Waals surface area contributed by atoms with Crippen molar-refractivity contribution in [2.24, 2.45) is 5.92 Å². The van der Waals surface area contributed by atoms with Gasteiger partial charge in [0.2, 0.25) is 5.82 Å². The lowest BCUT2D eigenvalue weighted by atomic mass is 9.97. The van der Waals surface area contributed by atoms with Crippen LogP contribution in [0, 0.1) is 5.92 Å². The zero-order chi connectivity index (χ0) is 19.5. The van der Waals surface area contributed by atoms with Crippen molar-refractivity contribution in [1.29, 1.82) is 0 Å². The van der Waals surface area contributed by atoms with Crippen LogP contribution in [0.2, 0.25) is 0 Å². The molecule has 0 amide bonds. The highest BCUT2D eigenvalue weighted by atomic mass is 16.5. The lowest BCUT2D eigenvalue weighted by Crippen LogP contribution is -2.36. The second-order valence-corrected chi connectivity index (χ2v) is 6.65. The quantitative estimate of drug-likeness (QED) is 0.720. The van der Waals surface area contributed by atoms with Gasteiger partial charge in [0.05, 0.1) is 13.0 Å². The topological polar surface area (TPSA) is 102 Å². The Morgan fingerprint density at radius 3 is 2.61 bits per heavy atom. The number of piperidine rings is 1. The first kappa shape index (κ1) is 18.0. The molecule has 1 aliphatic rings. The molecule has 28 heavy (non-hydrogen) atoms. The average Bonchev–Trinajstić information content (AvgIpc) is 3.24. The molecule has 1 N–H and O–H groups in total. The maximum absolute atomic E-state index is 11.1. The first-order valence-electron chi connectivity index (χ1n) is 9.06. The zero-order valence-corrected chi connectivity index (χ0v) is 15.4. The smallest absolute Gasteiger partial charge is 0.306 e. The van der Waals surface area contributed by atoms with Crippen LogP contribution in [0.15, 0.2) is 47.1 Å². The fourth-order valence-electron chi connectivity index (χ4n) is 3.28. The monoisotopic (exact) mass is 380 g/mol. The Hall–Kier alpha value is -3.42. The molecule has 0 radical (unpaired) electrons. The van der Waals surface area contributed by atoms with E-state index >= 15 is 0 Å². The molecule has 0 unspecified atom stereocenters. The Morgan fingerprint density at radius 1 is 1.18 bits per heavy atom. The number of aromatic nitrogens is 3. The van der Waals surface area contributed by atoms with E-state index in [-0.39, 0.29) is 5.92 Å². The number of nitrogens with zero attached hydrogens (tertiary/aromatic N) is 4. The third-order valence-corrected chi connectivity index (χ3v) is 4.93. The summed E-state index contributed by atoms with van der Waals surface area (Å²) < 4.78 is 10.6. The van der Waals surface area contributed by atoms with E-state index in [4.69, 9.17) is 14.4 Å². The number of anilines is 1. The fourth-order valence-corrected chi connectivity index (χ4v) is 3.28. The van der Waals surface area contributed by atoms with E-state index in [1.54, 1.807) is 13.3 Å². The summed E-state index contributed by atoms with van der Waals surface area (Å²) in [5.41, 5.74) is 1.61. The summed E-state index contributed by atoms with van der Waals surface area (Å²) in [6.45, 7) is 1.32. The molecule has 1 saturated heterocycles. The lowest BCUT2D eigenvalue weighted by Gasteiger charge is -2.31. The Bertz CT molecular complexity index is 962. The van der Waals surface area contributed by atoms with E-state index in [9.17, 15) is 4.79 Å². The third-order valence-electron chi connectivity index (χ3n) is 4.93. The molecule has 0 saturated carbocycles. The molecule has 0 bridgehead atoms. The second kappa shape index (κ2) is 7.67. The highest BCUT2D eigenvalue weighted by Gasteiger charge is 2.25. The number of methoxy groups -OCH3 is 1. The molecule has 0 atom stereocenters. The van der Waals surface area contributed by atoms with Gasteiger partial charge in [-0.05, 0) is 49.2 Å². The predicted octanol–water partition coefficient (Wildman–Crippen LogP) is 3.11. The number of benzene rings is 1. The van der Waals surface area contributed by atoms with Gasteiger partial charge in [0.1, 0.15) is 11.6 Å². The van der Waals surface area contributed by atoms with Gasteiger partial charge in [-0.2, -0.15) is 4.98 Å². The van der Waals surface area contributed by atoms with Crippen molar-refractivity contribution in [2.45, 2.75) is 12.8 Å². The summed E-state index contributed by atoms with van der Waals surface area (Å²) in [4.78, 5) is 22.1. The number of carbonyl (C=O) groups is 1.